The summed E-state index contributed by atoms with van der Waals surface area (Å²) in [6, 6.07) is 4.29. The number of halogens is 2. The molecule has 0 bridgehead atoms. The molecule has 0 unspecified atom stereocenters. The summed E-state index contributed by atoms with van der Waals surface area (Å²) in [5, 5.41) is 8.60. The van der Waals surface area contributed by atoms with Crippen molar-refractivity contribution in [3.05, 3.63) is 33.5 Å². The lowest BCUT2D eigenvalue weighted by Crippen LogP contribution is -2.00. The highest BCUT2D eigenvalue weighted by atomic mass is 79.9. The number of nitrogens with zero attached hydrogens (tertiary/aromatic N) is 1. The van der Waals surface area contributed by atoms with E-state index >= 15 is 0 Å². The average molecular weight is 242 g/mol. The van der Waals surface area contributed by atoms with E-state index in [1.807, 2.05) is 6.07 Å². The Labute approximate surface area is 83.1 Å². The lowest BCUT2D eigenvalue weighted by Gasteiger charge is -2.02. The van der Waals surface area contributed by atoms with Gasteiger partial charge in [0.25, 0.3) is 0 Å². The van der Waals surface area contributed by atoms with Gasteiger partial charge in [-0.3, -0.25) is 4.79 Å². The summed E-state index contributed by atoms with van der Waals surface area (Å²) in [7, 11) is 0. The van der Waals surface area contributed by atoms with Crippen LogP contribution >= 0.6 is 15.9 Å². The van der Waals surface area contributed by atoms with Crippen molar-refractivity contribution in [1.29, 1.82) is 5.26 Å². The van der Waals surface area contributed by atoms with Gasteiger partial charge in [-0.1, -0.05) is 0 Å². The first-order chi connectivity index (χ1) is 6.07. The topological polar surface area (TPSA) is 40.9 Å². The van der Waals surface area contributed by atoms with Crippen LogP contribution in [0.5, 0.6) is 0 Å². The minimum Gasteiger partial charge on any atom is -0.294 e. The normalized spacial score (nSPS) is 9.38. The van der Waals surface area contributed by atoms with E-state index in [0.29, 0.717) is 0 Å². The van der Waals surface area contributed by atoms with Gasteiger partial charge in [-0.25, -0.2) is 4.39 Å². The second kappa shape index (κ2) is 3.67. The summed E-state index contributed by atoms with van der Waals surface area (Å²) in [4.78, 5) is 11.0. The monoisotopic (exact) mass is 241 g/mol. The largest absolute Gasteiger partial charge is 0.294 e. The van der Waals surface area contributed by atoms with Crippen molar-refractivity contribution < 1.29 is 9.18 Å². The minimum absolute atomic E-state index is 0.0703. The molecular weight excluding hydrogens is 237 g/mol. The first-order valence-corrected chi connectivity index (χ1v) is 4.26. The molecule has 0 saturated heterocycles. The number of nitriles is 1. The molecule has 66 valence electrons. The predicted octanol–water partition coefficient (Wildman–Crippen LogP) is 2.66. The van der Waals surface area contributed by atoms with Gasteiger partial charge in [0, 0.05) is 4.47 Å². The van der Waals surface area contributed by atoms with E-state index in [2.05, 4.69) is 15.9 Å². The Balaban J connectivity index is 3.50. The number of carbonyl (C=O) groups excluding carboxylic acids is 1. The molecule has 0 heterocycles. The SMILES string of the molecule is CC(=O)c1c(F)ccc(C#N)c1Br. The number of hydrogen-bond donors (Lipinski definition) is 0. The van der Waals surface area contributed by atoms with E-state index in [9.17, 15) is 9.18 Å². The van der Waals surface area contributed by atoms with Crippen molar-refractivity contribution in [3.8, 4) is 6.07 Å². The zero-order valence-corrected chi connectivity index (χ0v) is 8.35. The molecule has 2 nitrogen and oxygen atoms in total. The van der Waals surface area contributed by atoms with E-state index < -0.39 is 11.6 Å². The van der Waals surface area contributed by atoms with Crippen molar-refractivity contribution in [3.63, 3.8) is 0 Å². The maximum atomic E-state index is 13.1. The number of carbonyl (C=O) groups is 1. The molecular formula is C9H5BrFNO. The predicted molar refractivity (Wildman–Crippen MR) is 48.8 cm³/mol. The Morgan fingerprint density at radius 3 is 2.69 bits per heavy atom. The van der Waals surface area contributed by atoms with Crippen molar-refractivity contribution in [2.24, 2.45) is 0 Å². The van der Waals surface area contributed by atoms with Crippen LogP contribution < -0.4 is 0 Å². The number of rotatable bonds is 1. The van der Waals surface area contributed by atoms with Crippen LogP contribution in [0.2, 0.25) is 0 Å². The maximum Gasteiger partial charge on any atom is 0.163 e. The summed E-state index contributed by atoms with van der Waals surface area (Å²) in [5.41, 5.74) is 0.186. The number of ketones is 1. The molecule has 1 rings (SSSR count). The molecule has 0 fully saturated rings. The quantitative estimate of drug-likeness (QED) is 0.710. The molecule has 0 aliphatic heterocycles. The molecule has 13 heavy (non-hydrogen) atoms. The third kappa shape index (κ3) is 1.76. The molecule has 0 saturated carbocycles. The van der Waals surface area contributed by atoms with Gasteiger partial charge in [0.15, 0.2) is 5.78 Å². The fourth-order valence-corrected chi connectivity index (χ4v) is 1.65. The van der Waals surface area contributed by atoms with E-state index in [1.165, 1.54) is 13.0 Å². The van der Waals surface area contributed by atoms with Gasteiger partial charge in [0.05, 0.1) is 11.1 Å². The third-order valence-electron chi connectivity index (χ3n) is 1.56. The van der Waals surface area contributed by atoms with Gasteiger partial charge in [-0.15, -0.1) is 0 Å². The maximum absolute atomic E-state index is 13.1. The summed E-state index contributed by atoms with van der Waals surface area (Å²) < 4.78 is 13.3. The van der Waals surface area contributed by atoms with Crippen molar-refractivity contribution >= 4 is 21.7 Å². The van der Waals surface area contributed by atoms with Crippen LogP contribution in [0.3, 0.4) is 0 Å². The van der Waals surface area contributed by atoms with E-state index in [0.717, 1.165) is 6.07 Å². The summed E-state index contributed by atoms with van der Waals surface area (Å²) in [6.07, 6.45) is 0. The van der Waals surface area contributed by atoms with Crippen LogP contribution in [0.15, 0.2) is 16.6 Å². The van der Waals surface area contributed by atoms with Crippen molar-refractivity contribution in [2.75, 3.05) is 0 Å². The van der Waals surface area contributed by atoms with Crippen molar-refractivity contribution in [2.45, 2.75) is 6.92 Å². The van der Waals surface area contributed by atoms with Crippen LogP contribution in [-0.2, 0) is 0 Å². The van der Waals surface area contributed by atoms with E-state index in [-0.39, 0.29) is 15.6 Å². The van der Waals surface area contributed by atoms with Crippen LogP contribution in [-0.4, -0.2) is 5.78 Å². The molecule has 0 atom stereocenters. The molecule has 0 radical (unpaired) electrons. The summed E-state index contributed by atoms with van der Waals surface area (Å²) in [5.74, 6) is -1.01. The van der Waals surface area contributed by atoms with Crippen LogP contribution in [0.25, 0.3) is 0 Å². The zero-order valence-electron chi connectivity index (χ0n) is 6.77. The molecule has 0 aromatic heterocycles. The van der Waals surface area contributed by atoms with Gasteiger partial charge in [-0.05, 0) is 35.0 Å². The highest BCUT2D eigenvalue weighted by molar-refractivity contribution is 9.10. The van der Waals surface area contributed by atoms with Crippen LogP contribution in [0.1, 0.15) is 22.8 Å². The average Bonchev–Trinajstić information content (AvgIpc) is 2.04. The van der Waals surface area contributed by atoms with Crippen molar-refractivity contribution in [1.82, 2.24) is 0 Å². The Kier molecular flexibility index (Phi) is 2.79. The Morgan fingerprint density at radius 2 is 2.23 bits per heavy atom. The number of Topliss-reactive ketones (excluding diaryl/α,β-unsaturated/α-hetero) is 1. The molecule has 0 aliphatic rings. The zero-order chi connectivity index (χ0) is 10.0. The second-order valence-electron chi connectivity index (χ2n) is 2.45. The van der Waals surface area contributed by atoms with Crippen LogP contribution in [0, 0.1) is 17.1 Å². The standard InChI is InChI=1S/C9H5BrFNO/c1-5(13)8-7(11)3-2-6(4-12)9(8)10/h2-3H,1H3. The molecule has 4 heteroatoms. The molecule has 0 aliphatic carbocycles. The molecule has 1 aromatic carbocycles. The Bertz CT molecular complexity index is 409. The van der Waals surface area contributed by atoms with Gasteiger partial charge in [0.1, 0.15) is 11.9 Å². The smallest absolute Gasteiger partial charge is 0.163 e. The number of hydrogen-bond acceptors (Lipinski definition) is 2. The van der Waals surface area contributed by atoms with E-state index in [4.69, 9.17) is 5.26 Å². The fraction of sp³-hybridized carbons (Fsp3) is 0.111. The van der Waals surface area contributed by atoms with Crippen LogP contribution in [0.4, 0.5) is 4.39 Å². The molecule has 1 aromatic rings. The molecule has 0 spiro atoms. The lowest BCUT2D eigenvalue weighted by molar-refractivity contribution is 0.101. The molecule has 0 N–H and O–H groups in total. The fourth-order valence-electron chi connectivity index (χ4n) is 0.962. The lowest BCUT2D eigenvalue weighted by atomic mass is 10.1. The minimum atomic E-state index is -0.613. The first kappa shape index (κ1) is 9.87. The highest BCUT2D eigenvalue weighted by Crippen LogP contribution is 2.24. The van der Waals surface area contributed by atoms with Gasteiger partial charge < -0.3 is 0 Å². The molecule has 0 amide bonds. The summed E-state index contributed by atoms with van der Waals surface area (Å²) in [6.45, 7) is 1.25. The Hall–Kier alpha value is -1.21. The Morgan fingerprint density at radius 1 is 1.62 bits per heavy atom. The third-order valence-corrected chi connectivity index (χ3v) is 2.39. The number of benzene rings is 1. The van der Waals surface area contributed by atoms with Gasteiger partial charge in [-0.2, -0.15) is 5.26 Å². The van der Waals surface area contributed by atoms with Gasteiger partial charge >= 0.3 is 0 Å². The highest BCUT2D eigenvalue weighted by Gasteiger charge is 2.14. The first-order valence-electron chi connectivity index (χ1n) is 3.47. The summed E-state index contributed by atoms with van der Waals surface area (Å²) >= 11 is 3.01. The van der Waals surface area contributed by atoms with E-state index in [1.54, 1.807) is 0 Å². The second-order valence-corrected chi connectivity index (χ2v) is 3.24. The van der Waals surface area contributed by atoms with Gasteiger partial charge in [0.2, 0.25) is 0 Å².